The van der Waals surface area contributed by atoms with Gasteiger partial charge < -0.3 is 4.90 Å². The minimum atomic E-state index is 0.128. The minimum Gasteiger partial charge on any atom is -0.339 e. The normalized spacial score (nSPS) is 18.6. The molecule has 3 aromatic rings. The number of aromatic nitrogens is 2. The Kier molecular flexibility index (Phi) is 5.29. The number of carbonyl (C=O) groups is 1. The number of pyridine rings is 1. The van der Waals surface area contributed by atoms with E-state index in [-0.39, 0.29) is 5.91 Å². The molecule has 5 rings (SSSR count). The molecule has 0 atom stereocenters. The van der Waals surface area contributed by atoms with E-state index in [0.29, 0.717) is 5.92 Å². The van der Waals surface area contributed by atoms with Gasteiger partial charge in [0.1, 0.15) is 0 Å². The first-order valence-corrected chi connectivity index (χ1v) is 11.3. The van der Waals surface area contributed by atoms with Gasteiger partial charge in [-0.1, -0.05) is 18.2 Å². The molecular weight excluding hydrogens is 380 g/mol. The number of likely N-dealkylation sites (tertiary alicyclic amines) is 1. The summed E-state index contributed by atoms with van der Waals surface area (Å²) < 4.78 is 4.30. The van der Waals surface area contributed by atoms with Crippen molar-refractivity contribution in [2.75, 3.05) is 26.2 Å². The Labute approximate surface area is 175 Å². The van der Waals surface area contributed by atoms with E-state index in [1.165, 1.54) is 10.5 Å². The fourth-order valence-corrected chi connectivity index (χ4v) is 5.39. The minimum absolute atomic E-state index is 0.128. The zero-order valence-electron chi connectivity index (χ0n) is 16.5. The summed E-state index contributed by atoms with van der Waals surface area (Å²) in [6, 6.07) is 15.0. The highest BCUT2D eigenvalue weighted by Gasteiger charge is 2.25. The number of amides is 1. The average molecular weight is 407 g/mol. The molecule has 0 aliphatic carbocycles. The van der Waals surface area contributed by atoms with Gasteiger partial charge in [0, 0.05) is 37.3 Å². The van der Waals surface area contributed by atoms with Crippen LogP contribution in [0.2, 0.25) is 0 Å². The topological polar surface area (TPSA) is 40.9 Å². The average Bonchev–Trinajstić information content (AvgIpc) is 3.44. The lowest BCUT2D eigenvalue weighted by atomic mass is 9.90. The van der Waals surface area contributed by atoms with Crippen molar-refractivity contribution >= 4 is 23.4 Å². The second kappa shape index (κ2) is 8.20. The summed E-state index contributed by atoms with van der Waals surface area (Å²) in [6.07, 6.45) is 8.24. The number of rotatable bonds is 4. The van der Waals surface area contributed by atoms with Crippen LogP contribution in [-0.4, -0.2) is 50.9 Å². The Bertz CT molecular complexity index is 989. The van der Waals surface area contributed by atoms with Crippen molar-refractivity contribution in [3.63, 3.8) is 0 Å². The van der Waals surface area contributed by atoms with Crippen LogP contribution in [0.5, 0.6) is 0 Å². The van der Waals surface area contributed by atoms with E-state index in [0.717, 1.165) is 62.9 Å². The van der Waals surface area contributed by atoms with Crippen molar-refractivity contribution in [1.82, 2.24) is 18.8 Å². The van der Waals surface area contributed by atoms with E-state index in [1.54, 1.807) is 6.20 Å². The highest BCUT2D eigenvalue weighted by molar-refractivity contribution is 7.97. The lowest BCUT2D eigenvalue weighted by Gasteiger charge is -2.31. The Morgan fingerprint density at radius 1 is 1.00 bits per heavy atom. The molecule has 2 aliphatic rings. The maximum atomic E-state index is 12.9. The molecule has 4 heterocycles. The van der Waals surface area contributed by atoms with Gasteiger partial charge in [0.2, 0.25) is 0 Å². The molecule has 2 fully saturated rings. The smallest absolute Gasteiger partial charge is 0.257 e. The molecule has 0 N–H and O–H groups in total. The molecule has 2 aliphatic heterocycles. The summed E-state index contributed by atoms with van der Waals surface area (Å²) >= 11 is 1.86. The number of carbonyl (C=O) groups excluding carboxylic acids is 1. The molecule has 1 amide bonds. The van der Waals surface area contributed by atoms with E-state index >= 15 is 0 Å². The van der Waals surface area contributed by atoms with Crippen molar-refractivity contribution in [2.45, 2.75) is 36.5 Å². The predicted molar refractivity (Wildman–Crippen MR) is 116 cm³/mol. The van der Waals surface area contributed by atoms with Gasteiger partial charge in [0.15, 0.2) is 0 Å². The number of fused-ring (bicyclic) bond motifs is 1. The quantitative estimate of drug-likeness (QED) is 0.600. The summed E-state index contributed by atoms with van der Waals surface area (Å²) in [7, 11) is 0. The van der Waals surface area contributed by atoms with Gasteiger partial charge >= 0.3 is 0 Å². The standard InChI is InChI=1S/C23H26N4OS/c28-23(25-11-4-5-12-25)21-17-24-27-15-10-19(16-22(21)27)18-8-13-26(14-9-18)29-20-6-2-1-3-7-20/h1-3,6-7,10,15-18H,4-5,8-9,11-14H2. The first-order valence-electron chi connectivity index (χ1n) is 10.5. The summed E-state index contributed by atoms with van der Waals surface area (Å²) in [4.78, 5) is 16.2. The van der Waals surface area contributed by atoms with Crippen LogP contribution < -0.4 is 0 Å². The molecule has 2 aromatic heterocycles. The van der Waals surface area contributed by atoms with Crippen molar-refractivity contribution in [3.8, 4) is 0 Å². The molecule has 1 aromatic carbocycles. The van der Waals surface area contributed by atoms with Crippen LogP contribution in [0.25, 0.3) is 5.52 Å². The van der Waals surface area contributed by atoms with E-state index in [2.05, 4.69) is 51.9 Å². The van der Waals surface area contributed by atoms with Gasteiger partial charge in [-0.25, -0.2) is 8.82 Å². The van der Waals surface area contributed by atoms with Crippen LogP contribution in [0.1, 0.15) is 47.5 Å². The maximum absolute atomic E-state index is 12.9. The second-order valence-corrected chi connectivity index (χ2v) is 9.13. The van der Waals surface area contributed by atoms with E-state index in [9.17, 15) is 4.79 Å². The van der Waals surface area contributed by atoms with E-state index in [4.69, 9.17) is 0 Å². The lowest BCUT2D eigenvalue weighted by molar-refractivity contribution is 0.0794. The predicted octanol–water partition coefficient (Wildman–Crippen LogP) is 4.46. The SMILES string of the molecule is O=C(c1cnn2ccc(C3CCN(Sc4ccccc4)CC3)cc12)N1CCCC1. The van der Waals surface area contributed by atoms with Crippen LogP contribution in [0, 0.1) is 0 Å². The molecule has 0 unspecified atom stereocenters. The van der Waals surface area contributed by atoms with E-state index < -0.39 is 0 Å². The molecule has 150 valence electrons. The van der Waals surface area contributed by atoms with Crippen molar-refractivity contribution in [1.29, 1.82) is 0 Å². The maximum Gasteiger partial charge on any atom is 0.257 e. The largest absolute Gasteiger partial charge is 0.339 e. The first kappa shape index (κ1) is 18.7. The Hall–Kier alpha value is -2.31. The van der Waals surface area contributed by atoms with Gasteiger partial charge in [-0.15, -0.1) is 0 Å². The fourth-order valence-electron chi connectivity index (χ4n) is 4.42. The summed E-state index contributed by atoms with van der Waals surface area (Å²) in [6.45, 7) is 3.89. The number of hydrogen-bond acceptors (Lipinski definition) is 4. The molecule has 2 saturated heterocycles. The third-order valence-corrected chi connectivity index (χ3v) is 7.18. The number of piperidine rings is 1. The Morgan fingerprint density at radius 2 is 1.76 bits per heavy atom. The highest BCUT2D eigenvalue weighted by atomic mass is 32.2. The van der Waals surface area contributed by atoms with Gasteiger partial charge in [-0.3, -0.25) is 4.79 Å². The van der Waals surface area contributed by atoms with E-state index in [1.807, 2.05) is 27.6 Å². The second-order valence-electron chi connectivity index (χ2n) is 7.96. The molecule has 0 spiro atoms. The van der Waals surface area contributed by atoms with Crippen molar-refractivity contribution in [2.24, 2.45) is 0 Å². The van der Waals surface area contributed by atoms with Crippen molar-refractivity contribution < 1.29 is 4.79 Å². The number of nitrogens with zero attached hydrogens (tertiary/aromatic N) is 4. The molecule has 29 heavy (non-hydrogen) atoms. The highest BCUT2D eigenvalue weighted by Crippen LogP contribution is 2.34. The molecule has 0 bridgehead atoms. The summed E-state index contributed by atoms with van der Waals surface area (Å²) in [5, 5.41) is 4.41. The third kappa shape index (κ3) is 3.91. The number of hydrogen-bond donors (Lipinski definition) is 0. The Morgan fingerprint density at radius 3 is 2.52 bits per heavy atom. The third-order valence-electron chi connectivity index (χ3n) is 6.07. The number of benzene rings is 1. The van der Waals surface area contributed by atoms with Gasteiger partial charge in [-0.05, 0) is 73.4 Å². The summed E-state index contributed by atoms with van der Waals surface area (Å²) in [5.41, 5.74) is 3.02. The summed E-state index contributed by atoms with van der Waals surface area (Å²) in [5.74, 6) is 0.668. The van der Waals surface area contributed by atoms with Gasteiger partial charge in [0.25, 0.3) is 5.91 Å². The van der Waals surface area contributed by atoms with Gasteiger partial charge in [-0.2, -0.15) is 5.10 Å². The fraction of sp³-hybridized carbons (Fsp3) is 0.391. The van der Waals surface area contributed by atoms with Gasteiger partial charge in [0.05, 0.1) is 17.3 Å². The zero-order chi connectivity index (χ0) is 19.6. The van der Waals surface area contributed by atoms with Crippen LogP contribution in [0.4, 0.5) is 0 Å². The Balaban J connectivity index is 1.29. The monoisotopic (exact) mass is 406 g/mol. The zero-order valence-corrected chi connectivity index (χ0v) is 17.4. The van der Waals surface area contributed by atoms with Crippen LogP contribution in [0.15, 0.2) is 59.8 Å². The first-order chi connectivity index (χ1) is 14.3. The van der Waals surface area contributed by atoms with Crippen LogP contribution >= 0.6 is 11.9 Å². The molecule has 0 saturated carbocycles. The van der Waals surface area contributed by atoms with Crippen LogP contribution in [-0.2, 0) is 0 Å². The molecule has 6 heteroatoms. The molecular formula is C23H26N4OS. The lowest BCUT2D eigenvalue weighted by Crippen LogP contribution is -2.28. The van der Waals surface area contributed by atoms with Crippen LogP contribution in [0.3, 0.4) is 0 Å². The molecule has 0 radical (unpaired) electrons. The van der Waals surface area contributed by atoms with Crippen molar-refractivity contribution in [3.05, 3.63) is 66.0 Å². The molecule has 5 nitrogen and oxygen atoms in total.